The number of nitrogens with two attached hydrogens (primary N) is 1. The third-order valence-corrected chi connectivity index (χ3v) is 3.58. The highest BCUT2D eigenvalue weighted by atomic mass is 79.9. The SMILES string of the molecule is COc1ccc(Br)cc1NC(=O)CC(N)C1CC1. The van der Waals surface area contributed by atoms with Gasteiger partial charge in [0.15, 0.2) is 0 Å². The third kappa shape index (κ3) is 3.46. The maximum absolute atomic E-state index is 11.9. The fraction of sp³-hybridized carbons (Fsp3) is 0.462. The summed E-state index contributed by atoms with van der Waals surface area (Å²) in [6, 6.07) is 5.47. The lowest BCUT2D eigenvalue weighted by Crippen LogP contribution is -2.28. The van der Waals surface area contributed by atoms with Crippen LogP contribution in [0.3, 0.4) is 0 Å². The second-order valence-corrected chi connectivity index (χ2v) is 5.51. The van der Waals surface area contributed by atoms with Crippen molar-refractivity contribution in [2.45, 2.75) is 25.3 Å². The van der Waals surface area contributed by atoms with Crippen molar-refractivity contribution in [1.29, 1.82) is 0 Å². The number of ether oxygens (including phenoxy) is 1. The number of anilines is 1. The Morgan fingerprint density at radius 1 is 1.61 bits per heavy atom. The molecule has 1 aliphatic rings. The third-order valence-electron chi connectivity index (χ3n) is 3.08. The molecule has 5 heteroatoms. The quantitative estimate of drug-likeness (QED) is 0.878. The van der Waals surface area contributed by atoms with Gasteiger partial charge in [-0.1, -0.05) is 15.9 Å². The first kappa shape index (κ1) is 13.4. The summed E-state index contributed by atoms with van der Waals surface area (Å²) in [6.07, 6.45) is 2.66. The van der Waals surface area contributed by atoms with Gasteiger partial charge < -0.3 is 15.8 Å². The minimum atomic E-state index is -0.0641. The molecule has 98 valence electrons. The molecule has 0 saturated heterocycles. The number of nitrogens with one attached hydrogen (secondary N) is 1. The van der Waals surface area contributed by atoms with E-state index in [9.17, 15) is 4.79 Å². The van der Waals surface area contributed by atoms with Crippen LogP contribution in [0.25, 0.3) is 0 Å². The molecular weight excluding hydrogens is 296 g/mol. The van der Waals surface area contributed by atoms with Crippen molar-refractivity contribution < 1.29 is 9.53 Å². The second kappa shape index (κ2) is 5.71. The molecular formula is C13H17BrN2O2. The summed E-state index contributed by atoms with van der Waals surface area (Å²) < 4.78 is 6.09. The van der Waals surface area contributed by atoms with Crippen LogP contribution in [0.4, 0.5) is 5.69 Å². The lowest BCUT2D eigenvalue weighted by Gasteiger charge is -2.13. The molecule has 0 aromatic heterocycles. The van der Waals surface area contributed by atoms with Crippen LogP contribution in [0, 0.1) is 5.92 Å². The number of halogens is 1. The van der Waals surface area contributed by atoms with Crippen LogP contribution in [0.5, 0.6) is 5.75 Å². The van der Waals surface area contributed by atoms with Crippen molar-refractivity contribution in [3.63, 3.8) is 0 Å². The number of carbonyl (C=O) groups is 1. The molecule has 1 aromatic rings. The molecule has 1 saturated carbocycles. The van der Waals surface area contributed by atoms with Crippen molar-refractivity contribution in [3.05, 3.63) is 22.7 Å². The van der Waals surface area contributed by atoms with Gasteiger partial charge in [-0.05, 0) is 37.0 Å². The summed E-state index contributed by atoms with van der Waals surface area (Å²) >= 11 is 3.37. The highest BCUT2D eigenvalue weighted by molar-refractivity contribution is 9.10. The fourth-order valence-electron chi connectivity index (χ4n) is 1.88. The Labute approximate surface area is 115 Å². The number of amides is 1. The van der Waals surface area contributed by atoms with Crippen molar-refractivity contribution in [3.8, 4) is 5.75 Å². The maximum Gasteiger partial charge on any atom is 0.226 e. The highest BCUT2D eigenvalue weighted by Crippen LogP contribution is 2.33. The molecule has 1 aliphatic carbocycles. The summed E-state index contributed by atoms with van der Waals surface area (Å²) in [5.74, 6) is 1.11. The Morgan fingerprint density at radius 2 is 2.33 bits per heavy atom. The summed E-state index contributed by atoms with van der Waals surface area (Å²) in [5, 5.41) is 2.84. The Bertz CT molecular complexity index is 447. The Morgan fingerprint density at radius 3 is 2.94 bits per heavy atom. The molecule has 1 aromatic carbocycles. The zero-order valence-corrected chi connectivity index (χ0v) is 11.9. The van der Waals surface area contributed by atoms with Gasteiger partial charge in [0.25, 0.3) is 0 Å². The van der Waals surface area contributed by atoms with Crippen molar-refractivity contribution in [2.24, 2.45) is 11.7 Å². The van der Waals surface area contributed by atoms with Gasteiger partial charge in [-0.3, -0.25) is 4.79 Å². The Kier molecular flexibility index (Phi) is 4.24. The van der Waals surface area contributed by atoms with Gasteiger partial charge in [-0.2, -0.15) is 0 Å². The molecule has 1 amide bonds. The largest absolute Gasteiger partial charge is 0.495 e. The average Bonchev–Trinajstić information content (AvgIpc) is 3.12. The van der Waals surface area contributed by atoms with Gasteiger partial charge in [0.2, 0.25) is 5.91 Å². The zero-order chi connectivity index (χ0) is 13.1. The van der Waals surface area contributed by atoms with E-state index in [1.54, 1.807) is 13.2 Å². The monoisotopic (exact) mass is 312 g/mol. The van der Waals surface area contributed by atoms with Gasteiger partial charge in [0, 0.05) is 16.9 Å². The lowest BCUT2D eigenvalue weighted by atomic mass is 10.1. The second-order valence-electron chi connectivity index (χ2n) is 4.60. The molecule has 0 radical (unpaired) electrons. The van der Waals surface area contributed by atoms with Crippen LogP contribution in [0.15, 0.2) is 22.7 Å². The first-order valence-electron chi connectivity index (χ1n) is 5.99. The van der Waals surface area contributed by atoms with E-state index in [4.69, 9.17) is 10.5 Å². The van der Waals surface area contributed by atoms with E-state index in [2.05, 4.69) is 21.2 Å². The van der Waals surface area contributed by atoms with Crippen LogP contribution in [-0.2, 0) is 4.79 Å². The topological polar surface area (TPSA) is 64.3 Å². The van der Waals surface area contributed by atoms with E-state index in [1.165, 1.54) is 0 Å². The minimum Gasteiger partial charge on any atom is -0.495 e. The molecule has 1 fully saturated rings. The average molecular weight is 313 g/mol. The molecule has 1 unspecified atom stereocenters. The molecule has 0 heterocycles. The van der Waals surface area contributed by atoms with E-state index < -0.39 is 0 Å². The van der Waals surface area contributed by atoms with E-state index in [0.717, 1.165) is 17.3 Å². The van der Waals surface area contributed by atoms with Gasteiger partial charge >= 0.3 is 0 Å². The Hall–Kier alpha value is -1.07. The number of rotatable bonds is 5. The normalized spacial score (nSPS) is 16.2. The van der Waals surface area contributed by atoms with Crippen LogP contribution in [-0.4, -0.2) is 19.1 Å². The Balaban J connectivity index is 1.98. The van der Waals surface area contributed by atoms with Gasteiger partial charge in [0.1, 0.15) is 5.75 Å². The number of methoxy groups -OCH3 is 1. The standard InChI is InChI=1S/C13H17BrN2O2/c1-18-12-5-4-9(14)6-11(12)16-13(17)7-10(15)8-2-3-8/h4-6,8,10H,2-3,7,15H2,1H3,(H,16,17). The van der Waals surface area contributed by atoms with Crippen LogP contribution in [0.1, 0.15) is 19.3 Å². The summed E-state index contributed by atoms with van der Waals surface area (Å²) in [7, 11) is 1.58. The van der Waals surface area contributed by atoms with Gasteiger partial charge in [-0.25, -0.2) is 0 Å². The summed E-state index contributed by atoms with van der Waals surface area (Å²) in [6.45, 7) is 0. The predicted octanol–water partition coefficient (Wildman–Crippen LogP) is 2.52. The van der Waals surface area contributed by atoms with Crippen LogP contribution < -0.4 is 15.8 Å². The molecule has 2 rings (SSSR count). The molecule has 0 spiro atoms. The fourth-order valence-corrected chi connectivity index (χ4v) is 2.25. The molecule has 0 aliphatic heterocycles. The lowest BCUT2D eigenvalue weighted by molar-refractivity contribution is -0.116. The number of benzene rings is 1. The smallest absolute Gasteiger partial charge is 0.226 e. The minimum absolute atomic E-state index is 0.0249. The first-order valence-corrected chi connectivity index (χ1v) is 6.78. The molecule has 4 nitrogen and oxygen atoms in total. The summed E-state index contributed by atoms with van der Waals surface area (Å²) in [4.78, 5) is 11.9. The maximum atomic E-state index is 11.9. The van der Waals surface area contributed by atoms with Crippen molar-refractivity contribution >= 4 is 27.5 Å². The predicted molar refractivity (Wildman–Crippen MR) is 74.6 cm³/mol. The summed E-state index contributed by atoms with van der Waals surface area (Å²) in [5.41, 5.74) is 6.60. The number of carbonyl (C=O) groups excluding carboxylic acids is 1. The molecule has 18 heavy (non-hydrogen) atoms. The van der Waals surface area contributed by atoms with E-state index in [-0.39, 0.29) is 11.9 Å². The van der Waals surface area contributed by atoms with Crippen LogP contribution in [0.2, 0.25) is 0 Å². The highest BCUT2D eigenvalue weighted by Gasteiger charge is 2.29. The molecule has 1 atom stereocenters. The first-order chi connectivity index (χ1) is 8.60. The molecule has 0 bridgehead atoms. The van der Waals surface area contributed by atoms with Crippen LogP contribution >= 0.6 is 15.9 Å². The van der Waals surface area contributed by atoms with E-state index in [0.29, 0.717) is 23.8 Å². The van der Waals surface area contributed by atoms with Crippen molar-refractivity contribution in [2.75, 3.05) is 12.4 Å². The number of hydrogen-bond acceptors (Lipinski definition) is 3. The van der Waals surface area contributed by atoms with E-state index >= 15 is 0 Å². The van der Waals surface area contributed by atoms with E-state index in [1.807, 2.05) is 12.1 Å². The van der Waals surface area contributed by atoms with Gasteiger partial charge in [-0.15, -0.1) is 0 Å². The van der Waals surface area contributed by atoms with Gasteiger partial charge in [0.05, 0.1) is 12.8 Å². The zero-order valence-electron chi connectivity index (χ0n) is 10.3. The van der Waals surface area contributed by atoms with Crippen molar-refractivity contribution in [1.82, 2.24) is 0 Å². The molecule has 3 N–H and O–H groups in total. The number of hydrogen-bond donors (Lipinski definition) is 2.